The summed E-state index contributed by atoms with van der Waals surface area (Å²) in [5.74, 6) is 2.89. The van der Waals surface area contributed by atoms with E-state index >= 15 is 0 Å². The average Bonchev–Trinajstić information content (AvgIpc) is 2.52. The minimum Gasteiger partial charge on any atom is -0.504 e. The first-order valence-electron chi connectivity index (χ1n) is 7.89. The lowest BCUT2D eigenvalue weighted by atomic mass is 10.1. The van der Waals surface area contributed by atoms with Gasteiger partial charge >= 0.3 is 0 Å². The van der Waals surface area contributed by atoms with Crippen molar-refractivity contribution in [2.75, 3.05) is 12.4 Å². The molecule has 2 aromatic rings. The van der Waals surface area contributed by atoms with Gasteiger partial charge in [0.2, 0.25) is 0 Å². The lowest BCUT2D eigenvalue weighted by Crippen LogP contribution is -2.08. The SMILES string of the molecule is COc1ccc(CNc2cc(C(C)C)nc(C(C)C)n2)cc1O. The Morgan fingerprint density at radius 3 is 2.39 bits per heavy atom. The summed E-state index contributed by atoms with van der Waals surface area (Å²) in [6.07, 6.45) is 0. The van der Waals surface area contributed by atoms with Gasteiger partial charge in [-0.15, -0.1) is 0 Å². The van der Waals surface area contributed by atoms with Crippen molar-refractivity contribution in [2.24, 2.45) is 0 Å². The Bertz CT molecular complexity index is 643. The zero-order valence-corrected chi connectivity index (χ0v) is 14.4. The number of phenolic OH excluding ortho intramolecular Hbond substituents is 1. The van der Waals surface area contributed by atoms with Gasteiger partial charge in [-0.05, 0) is 23.6 Å². The van der Waals surface area contributed by atoms with E-state index in [2.05, 4.69) is 43.0 Å². The third kappa shape index (κ3) is 4.34. The van der Waals surface area contributed by atoms with E-state index in [9.17, 15) is 5.11 Å². The van der Waals surface area contributed by atoms with Crippen molar-refractivity contribution < 1.29 is 9.84 Å². The normalized spacial score (nSPS) is 11.1. The van der Waals surface area contributed by atoms with E-state index in [1.54, 1.807) is 12.1 Å². The molecule has 0 saturated heterocycles. The summed E-state index contributed by atoms with van der Waals surface area (Å²) in [6, 6.07) is 7.35. The van der Waals surface area contributed by atoms with Crippen LogP contribution >= 0.6 is 0 Å². The Kier molecular flexibility index (Phi) is 5.42. The molecule has 0 fully saturated rings. The average molecular weight is 315 g/mol. The van der Waals surface area contributed by atoms with E-state index in [4.69, 9.17) is 4.74 Å². The number of hydrogen-bond acceptors (Lipinski definition) is 5. The van der Waals surface area contributed by atoms with Gasteiger partial charge in [0.25, 0.3) is 0 Å². The second kappa shape index (κ2) is 7.31. The van der Waals surface area contributed by atoms with Gasteiger partial charge in [-0.3, -0.25) is 0 Å². The van der Waals surface area contributed by atoms with Gasteiger partial charge in [0.15, 0.2) is 11.5 Å². The second-order valence-electron chi connectivity index (χ2n) is 6.21. The second-order valence-corrected chi connectivity index (χ2v) is 6.21. The van der Waals surface area contributed by atoms with Crippen LogP contribution in [0.1, 0.15) is 56.6 Å². The number of nitrogens with zero attached hydrogens (tertiary/aromatic N) is 2. The Labute approximate surface area is 137 Å². The number of ether oxygens (including phenoxy) is 1. The number of aromatic hydroxyl groups is 1. The van der Waals surface area contributed by atoms with Crippen LogP contribution < -0.4 is 10.1 Å². The molecule has 0 aliphatic carbocycles. The number of methoxy groups -OCH3 is 1. The summed E-state index contributed by atoms with van der Waals surface area (Å²) in [7, 11) is 1.54. The smallest absolute Gasteiger partial charge is 0.160 e. The molecule has 0 unspecified atom stereocenters. The number of benzene rings is 1. The first-order chi connectivity index (χ1) is 10.9. The molecule has 0 aliphatic heterocycles. The molecule has 124 valence electrons. The largest absolute Gasteiger partial charge is 0.504 e. The fourth-order valence-corrected chi connectivity index (χ4v) is 2.17. The highest BCUT2D eigenvalue weighted by atomic mass is 16.5. The summed E-state index contributed by atoms with van der Waals surface area (Å²) in [5, 5.41) is 13.2. The minimum atomic E-state index is 0.139. The summed E-state index contributed by atoms with van der Waals surface area (Å²) < 4.78 is 5.06. The first kappa shape index (κ1) is 17.1. The summed E-state index contributed by atoms with van der Waals surface area (Å²) in [5.41, 5.74) is 1.99. The predicted octanol–water partition coefficient (Wildman–Crippen LogP) is 4.05. The molecule has 23 heavy (non-hydrogen) atoms. The van der Waals surface area contributed by atoms with Crippen LogP contribution in [0.2, 0.25) is 0 Å². The maximum atomic E-state index is 9.84. The first-order valence-corrected chi connectivity index (χ1v) is 7.89. The zero-order valence-electron chi connectivity index (χ0n) is 14.4. The van der Waals surface area contributed by atoms with Gasteiger partial charge in [-0.1, -0.05) is 33.8 Å². The van der Waals surface area contributed by atoms with Crippen LogP contribution in [0.15, 0.2) is 24.3 Å². The van der Waals surface area contributed by atoms with Crippen LogP contribution in [0.25, 0.3) is 0 Å². The molecule has 1 aromatic heterocycles. The van der Waals surface area contributed by atoms with Crippen LogP contribution in [0.3, 0.4) is 0 Å². The molecule has 0 spiro atoms. The number of hydrogen-bond donors (Lipinski definition) is 2. The van der Waals surface area contributed by atoms with Gasteiger partial charge in [0.1, 0.15) is 11.6 Å². The Balaban J connectivity index is 2.17. The third-order valence-electron chi connectivity index (χ3n) is 3.59. The lowest BCUT2D eigenvalue weighted by molar-refractivity contribution is 0.373. The Morgan fingerprint density at radius 2 is 1.83 bits per heavy atom. The molecular weight excluding hydrogens is 290 g/mol. The van der Waals surface area contributed by atoms with Crippen molar-refractivity contribution in [1.29, 1.82) is 0 Å². The van der Waals surface area contributed by atoms with E-state index in [1.165, 1.54) is 7.11 Å². The van der Waals surface area contributed by atoms with Gasteiger partial charge < -0.3 is 15.2 Å². The maximum Gasteiger partial charge on any atom is 0.160 e. The van der Waals surface area contributed by atoms with E-state index in [0.717, 1.165) is 22.9 Å². The van der Waals surface area contributed by atoms with Crippen molar-refractivity contribution in [3.05, 3.63) is 41.3 Å². The van der Waals surface area contributed by atoms with Crippen LogP contribution in [0.4, 0.5) is 5.82 Å². The fraction of sp³-hybridized carbons (Fsp3) is 0.444. The molecule has 1 aromatic carbocycles. The number of rotatable bonds is 6. The van der Waals surface area contributed by atoms with Crippen molar-refractivity contribution in [1.82, 2.24) is 9.97 Å². The highest BCUT2D eigenvalue weighted by Crippen LogP contribution is 2.26. The Hall–Kier alpha value is -2.30. The topological polar surface area (TPSA) is 67.3 Å². The molecule has 5 nitrogen and oxygen atoms in total. The number of anilines is 1. The quantitative estimate of drug-likeness (QED) is 0.841. The van der Waals surface area contributed by atoms with Gasteiger partial charge in [0.05, 0.1) is 7.11 Å². The molecule has 2 rings (SSSR count). The van der Waals surface area contributed by atoms with Gasteiger partial charge in [0, 0.05) is 24.2 Å². The van der Waals surface area contributed by atoms with E-state index in [0.29, 0.717) is 18.2 Å². The lowest BCUT2D eigenvalue weighted by Gasteiger charge is -2.14. The summed E-state index contributed by atoms with van der Waals surface area (Å²) >= 11 is 0. The minimum absolute atomic E-state index is 0.139. The van der Waals surface area contributed by atoms with Crippen molar-refractivity contribution in [2.45, 2.75) is 46.1 Å². The van der Waals surface area contributed by atoms with E-state index in [-0.39, 0.29) is 11.7 Å². The van der Waals surface area contributed by atoms with Crippen molar-refractivity contribution in [3.8, 4) is 11.5 Å². The molecule has 0 saturated carbocycles. The number of aromatic nitrogens is 2. The van der Waals surface area contributed by atoms with E-state index in [1.807, 2.05) is 12.1 Å². The molecule has 0 amide bonds. The Morgan fingerprint density at radius 1 is 1.09 bits per heavy atom. The third-order valence-corrected chi connectivity index (χ3v) is 3.59. The van der Waals surface area contributed by atoms with Crippen LogP contribution in [0, 0.1) is 0 Å². The molecular formula is C18H25N3O2. The standard InChI is InChI=1S/C18H25N3O2/c1-11(2)14-9-17(21-18(20-14)12(3)4)19-10-13-6-7-16(23-5)15(22)8-13/h6-9,11-12,22H,10H2,1-5H3,(H,19,20,21). The number of nitrogens with one attached hydrogen (secondary N) is 1. The maximum absolute atomic E-state index is 9.84. The number of phenols is 1. The highest BCUT2D eigenvalue weighted by Gasteiger charge is 2.10. The molecule has 0 radical (unpaired) electrons. The summed E-state index contributed by atoms with van der Waals surface area (Å²) in [6.45, 7) is 8.99. The highest BCUT2D eigenvalue weighted by molar-refractivity contribution is 5.44. The molecule has 5 heteroatoms. The van der Waals surface area contributed by atoms with Crippen molar-refractivity contribution in [3.63, 3.8) is 0 Å². The van der Waals surface area contributed by atoms with Crippen LogP contribution in [-0.4, -0.2) is 22.2 Å². The van der Waals surface area contributed by atoms with Crippen molar-refractivity contribution >= 4 is 5.82 Å². The van der Waals surface area contributed by atoms with Crippen LogP contribution in [-0.2, 0) is 6.54 Å². The summed E-state index contributed by atoms with van der Waals surface area (Å²) in [4.78, 5) is 9.19. The predicted molar refractivity (Wildman–Crippen MR) is 92.2 cm³/mol. The monoisotopic (exact) mass is 315 g/mol. The molecule has 0 atom stereocenters. The fourth-order valence-electron chi connectivity index (χ4n) is 2.17. The molecule has 2 N–H and O–H groups in total. The molecule has 0 bridgehead atoms. The molecule has 1 heterocycles. The van der Waals surface area contributed by atoms with Gasteiger partial charge in [-0.25, -0.2) is 9.97 Å². The molecule has 0 aliphatic rings. The van der Waals surface area contributed by atoms with Crippen LogP contribution in [0.5, 0.6) is 11.5 Å². The van der Waals surface area contributed by atoms with E-state index < -0.39 is 0 Å². The zero-order chi connectivity index (χ0) is 17.0. The van der Waals surface area contributed by atoms with Gasteiger partial charge in [-0.2, -0.15) is 0 Å².